The van der Waals surface area contributed by atoms with Crippen molar-refractivity contribution < 1.29 is 45.6 Å². The molecule has 0 aliphatic carbocycles. The molecular formula is C33H41FN2O9S. The molecule has 1 aliphatic heterocycles. The summed E-state index contributed by atoms with van der Waals surface area (Å²) in [6.45, 7) is 12.3. The fourth-order valence-electron chi connectivity index (χ4n) is 5.70. The summed E-state index contributed by atoms with van der Waals surface area (Å²) in [5.41, 5.74) is -1.11. The minimum absolute atomic E-state index is 0.0420. The average molecular weight is 661 g/mol. The molecule has 1 fully saturated rings. The second-order valence-corrected chi connectivity index (χ2v) is 15.2. The number of benzene rings is 2. The molecule has 4 rings (SSSR count). The van der Waals surface area contributed by atoms with Crippen LogP contribution in [0.2, 0.25) is 0 Å². The molecule has 2 heterocycles. The van der Waals surface area contributed by atoms with E-state index >= 15 is 4.39 Å². The van der Waals surface area contributed by atoms with Crippen molar-refractivity contribution >= 4 is 39.2 Å². The van der Waals surface area contributed by atoms with Gasteiger partial charge in [0.25, 0.3) is 10.1 Å². The molecular weight excluding hydrogens is 619 g/mol. The lowest BCUT2D eigenvalue weighted by Gasteiger charge is -2.37. The number of carbonyl (C=O) groups is 3. The van der Waals surface area contributed by atoms with E-state index in [2.05, 4.69) is 0 Å². The van der Waals surface area contributed by atoms with Crippen molar-refractivity contribution in [1.82, 2.24) is 9.47 Å². The first kappa shape index (κ1) is 34.9. The van der Waals surface area contributed by atoms with Crippen LogP contribution in [0.4, 0.5) is 14.0 Å². The summed E-state index contributed by atoms with van der Waals surface area (Å²) in [4.78, 5) is 41.5. The van der Waals surface area contributed by atoms with E-state index in [1.54, 1.807) is 70.7 Å². The third-order valence-electron chi connectivity index (χ3n) is 7.57. The number of hydrogen-bond donors (Lipinski definition) is 0. The van der Waals surface area contributed by atoms with Gasteiger partial charge in [0, 0.05) is 17.5 Å². The van der Waals surface area contributed by atoms with Crippen LogP contribution in [0.1, 0.15) is 82.8 Å². The van der Waals surface area contributed by atoms with Gasteiger partial charge >= 0.3 is 18.2 Å². The Balaban J connectivity index is 1.97. The zero-order valence-electron chi connectivity index (χ0n) is 27.6. The van der Waals surface area contributed by atoms with Crippen LogP contribution in [0.3, 0.4) is 0 Å². The second-order valence-electron chi connectivity index (χ2n) is 13.5. The number of likely N-dealkylation sites (tertiary alicyclic amines) is 1. The van der Waals surface area contributed by atoms with Crippen molar-refractivity contribution in [3.05, 3.63) is 58.9 Å². The summed E-state index contributed by atoms with van der Waals surface area (Å²) < 4.78 is 61.8. The van der Waals surface area contributed by atoms with E-state index in [9.17, 15) is 22.8 Å². The van der Waals surface area contributed by atoms with Gasteiger partial charge in [0.2, 0.25) is 0 Å². The molecule has 1 unspecified atom stereocenters. The van der Waals surface area contributed by atoms with Crippen molar-refractivity contribution in [1.29, 1.82) is 0 Å². The molecule has 11 nitrogen and oxygen atoms in total. The molecule has 3 aromatic rings. The number of halogens is 1. The lowest BCUT2D eigenvalue weighted by molar-refractivity contribution is 0.00988. The van der Waals surface area contributed by atoms with E-state index in [4.69, 9.17) is 18.4 Å². The Morgan fingerprint density at radius 3 is 2.09 bits per heavy atom. The number of fused-ring (bicyclic) bond motifs is 1. The van der Waals surface area contributed by atoms with E-state index in [1.807, 2.05) is 6.92 Å². The number of methoxy groups -OCH3 is 1. The Morgan fingerprint density at radius 1 is 0.957 bits per heavy atom. The highest BCUT2D eigenvalue weighted by Crippen LogP contribution is 2.42. The fourth-order valence-corrected chi connectivity index (χ4v) is 6.03. The van der Waals surface area contributed by atoms with Crippen LogP contribution >= 0.6 is 0 Å². The van der Waals surface area contributed by atoms with Gasteiger partial charge in [0.05, 0.1) is 42.3 Å². The van der Waals surface area contributed by atoms with Crippen LogP contribution in [0.25, 0.3) is 22.2 Å². The Labute approximate surface area is 268 Å². The Hall–Kier alpha value is -3.97. The Bertz CT molecular complexity index is 1780. The highest BCUT2D eigenvalue weighted by Gasteiger charge is 2.43. The van der Waals surface area contributed by atoms with Crippen LogP contribution in [-0.4, -0.2) is 67.2 Å². The first-order valence-electron chi connectivity index (χ1n) is 14.8. The smallest absolute Gasteiger partial charge is 0.419 e. The van der Waals surface area contributed by atoms with Gasteiger partial charge in [-0.1, -0.05) is 24.3 Å². The molecule has 250 valence electrons. The third kappa shape index (κ3) is 7.36. The van der Waals surface area contributed by atoms with Crippen molar-refractivity contribution in [3.63, 3.8) is 0 Å². The molecule has 0 N–H and O–H groups in total. The lowest BCUT2D eigenvalue weighted by Crippen LogP contribution is -2.45. The lowest BCUT2D eigenvalue weighted by atomic mass is 9.88. The summed E-state index contributed by atoms with van der Waals surface area (Å²) in [6, 6.07) is 9.04. The molecule has 46 heavy (non-hydrogen) atoms. The highest BCUT2D eigenvalue weighted by molar-refractivity contribution is 7.85. The topological polar surface area (TPSA) is 130 Å². The SMILES string of the molecule is COC(=O)c1cc(F)cc2c1c(COS(C)(=O)=O)c(-c1ccc(C3(C)CCCN3C(=O)OC(C)(C)C)cc1)n2C(=O)OC(C)(C)C. The van der Waals surface area contributed by atoms with Crippen LogP contribution < -0.4 is 0 Å². The van der Waals surface area contributed by atoms with E-state index < -0.39 is 57.4 Å². The minimum Gasteiger partial charge on any atom is -0.465 e. The first-order chi connectivity index (χ1) is 21.1. The van der Waals surface area contributed by atoms with Crippen molar-refractivity contribution in [2.45, 2.75) is 84.7 Å². The number of nitrogens with zero attached hydrogens (tertiary/aromatic N) is 2. The summed E-state index contributed by atoms with van der Waals surface area (Å²) in [5, 5.41) is 0.0701. The first-order valence-corrected chi connectivity index (χ1v) is 16.6. The van der Waals surface area contributed by atoms with E-state index in [-0.39, 0.29) is 27.7 Å². The number of ether oxygens (including phenoxy) is 3. The molecule has 0 radical (unpaired) electrons. The molecule has 1 aromatic heterocycles. The highest BCUT2D eigenvalue weighted by atomic mass is 32.2. The number of aromatic nitrogens is 1. The maximum Gasteiger partial charge on any atom is 0.419 e. The predicted octanol–water partition coefficient (Wildman–Crippen LogP) is 6.74. The molecule has 13 heteroatoms. The van der Waals surface area contributed by atoms with Gasteiger partial charge in [-0.2, -0.15) is 8.42 Å². The van der Waals surface area contributed by atoms with Crippen molar-refractivity contribution in [2.75, 3.05) is 19.9 Å². The number of hydrogen-bond acceptors (Lipinski definition) is 9. The summed E-state index contributed by atoms with van der Waals surface area (Å²) in [7, 11) is -2.87. The molecule has 0 bridgehead atoms. The van der Waals surface area contributed by atoms with E-state index in [0.717, 1.165) is 42.0 Å². The number of rotatable bonds is 6. The summed E-state index contributed by atoms with van der Waals surface area (Å²) in [6.07, 6.45) is 0.994. The van der Waals surface area contributed by atoms with Gasteiger partial charge in [-0.05, 0) is 84.6 Å². The maximum absolute atomic E-state index is 15.0. The Morgan fingerprint density at radius 2 is 1.54 bits per heavy atom. The minimum atomic E-state index is -3.99. The van der Waals surface area contributed by atoms with Crippen LogP contribution in [0.15, 0.2) is 36.4 Å². The predicted molar refractivity (Wildman–Crippen MR) is 169 cm³/mol. The summed E-state index contributed by atoms with van der Waals surface area (Å²) >= 11 is 0. The quantitative estimate of drug-likeness (QED) is 0.160. The van der Waals surface area contributed by atoms with Crippen molar-refractivity contribution in [2.24, 2.45) is 0 Å². The zero-order chi connectivity index (χ0) is 34.4. The van der Waals surface area contributed by atoms with Gasteiger partial charge in [-0.15, -0.1) is 0 Å². The molecule has 1 amide bonds. The van der Waals surface area contributed by atoms with Crippen LogP contribution in [0.5, 0.6) is 0 Å². The number of amides is 1. The van der Waals surface area contributed by atoms with Crippen LogP contribution in [0, 0.1) is 5.82 Å². The van der Waals surface area contributed by atoms with Crippen molar-refractivity contribution in [3.8, 4) is 11.3 Å². The van der Waals surface area contributed by atoms with Gasteiger partial charge in [0.15, 0.2) is 0 Å². The average Bonchev–Trinajstić information content (AvgIpc) is 3.47. The molecule has 1 aliphatic rings. The molecule has 2 aromatic carbocycles. The molecule has 1 atom stereocenters. The normalized spacial score (nSPS) is 17.3. The Kier molecular flexibility index (Phi) is 9.35. The third-order valence-corrected chi connectivity index (χ3v) is 8.11. The largest absolute Gasteiger partial charge is 0.465 e. The fraction of sp³-hybridized carbons (Fsp3) is 0.485. The zero-order valence-corrected chi connectivity index (χ0v) is 28.5. The molecule has 0 spiro atoms. The summed E-state index contributed by atoms with van der Waals surface area (Å²) in [5.74, 6) is -1.73. The maximum atomic E-state index is 15.0. The number of esters is 1. The van der Waals surface area contributed by atoms with Gasteiger partial charge in [0.1, 0.15) is 17.0 Å². The molecule has 1 saturated heterocycles. The standard InChI is InChI=1S/C33H41FN2O9S/c1-31(2,3)44-29(38)35-16-10-15-33(35,7)21-13-11-20(12-14-21)27-24(19-43-46(9,40)41)26-23(28(37)42-8)17-22(34)18-25(26)36(27)30(39)45-32(4,5)6/h11-14,17-18H,10,15-16,19H2,1-9H3. The van der Waals surface area contributed by atoms with Crippen LogP contribution in [-0.2, 0) is 40.7 Å². The van der Waals surface area contributed by atoms with Gasteiger partial charge in [-0.25, -0.2) is 23.3 Å². The van der Waals surface area contributed by atoms with E-state index in [1.165, 1.54) is 0 Å². The van der Waals surface area contributed by atoms with Gasteiger partial charge in [-0.3, -0.25) is 9.08 Å². The monoisotopic (exact) mass is 660 g/mol. The molecule has 0 saturated carbocycles. The van der Waals surface area contributed by atoms with E-state index in [0.29, 0.717) is 18.5 Å². The number of carbonyl (C=O) groups excluding carboxylic acids is 3. The second kappa shape index (κ2) is 12.3. The van der Waals surface area contributed by atoms with Gasteiger partial charge < -0.3 is 14.2 Å².